The summed E-state index contributed by atoms with van der Waals surface area (Å²) < 4.78 is 28.4. The van der Waals surface area contributed by atoms with Gasteiger partial charge < -0.3 is 15.4 Å². The van der Waals surface area contributed by atoms with Crippen LogP contribution in [0.3, 0.4) is 0 Å². The molecule has 6 nitrogen and oxygen atoms in total. The molecule has 1 aromatic rings. The molecule has 0 heterocycles. The van der Waals surface area contributed by atoms with Gasteiger partial charge in [-0.25, -0.2) is 13.6 Å². The zero-order chi connectivity index (χ0) is 16.0. The molecule has 0 radical (unpaired) electrons. The number of hydrogen-bond donors (Lipinski definition) is 2. The Morgan fingerprint density at radius 2 is 1.52 bits per heavy atom. The average molecular weight is 300 g/mol. The lowest BCUT2D eigenvalue weighted by Gasteiger charge is -2.10. The Hall–Kier alpha value is -2.51. The normalized spacial score (nSPS) is 10.1. The number of alkyl halides is 2. The number of carbonyl (C=O) groups excluding carboxylic acids is 3. The number of esters is 1. The number of halogens is 2. The molecule has 0 fully saturated rings. The van der Waals surface area contributed by atoms with Gasteiger partial charge in [-0.05, 0) is 18.2 Å². The Bertz CT molecular complexity index is 527. The molecule has 21 heavy (non-hydrogen) atoms. The van der Waals surface area contributed by atoms with Crippen LogP contribution in [0.5, 0.6) is 0 Å². The van der Waals surface area contributed by atoms with E-state index in [0.717, 1.165) is 0 Å². The van der Waals surface area contributed by atoms with E-state index in [2.05, 4.69) is 15.4 Å². The Morgan fingerprint density at radius 3 is 1.90 bits per heavy atom. The zero-order valence-electron chi connectivity index (χ0n) is 11.4. The second-order valence-electron chi connectivity index (χ2n) is 4.15. The van der Waals surface area contributed by atoms with E-state index in [9.17, 15) is 23.2 Å². The summed E-state index contributed by atoms with van der Waals surface area (Å²) in [6, 6.07) is 3.95. The van der Waals surface area contributed by atoms with Crippen LogP contribution in [-0.2, 0) is 14.3 Å². The maximum absolute atomic E-state index is 12.0. The molecule has 0 aliphatic carbocycles. The van der Waals surface area contributed by atoms with E-state index in [1.54, 1.807) is 0 Å². The molecule has 0 saturated heterocycles. The van der Waals surface area contributed by atoms with Crippen molar-refractivity contribution in [2.45, 2.75) is 20.3 Å². The molecule has 0 spiro atoms. The van der Waals surface area contributed by atoms with Gasteiger partial charge in [0.25, 0.3) is 6.43 Å². The highest BCUT2D eigenvalue weighted by atomic mass is 19.3. The van der Waals surface area contributed by atoms with Crippen LogP contribution >= 0.6 is 0 Å². The third-order valence-electron chi connectivity index (χ3n) is 2.15. The molecule has 114 valence electrons. The molecule has 2 amide bonds. The largest absolute Gasteiger partial charge is 0.456 e. The maximum atomic E-state index is 12.0. The summed E-state index contributed by atoms with van der Waals surface area (Å²) in [6.07, 6.45) is -2.78. The summed E-state index contributed by atoms with van der Waals surface area (Å²) >= 11 is 0. The number of hydrogen-bond acceptors (Lipinski definition) is 4. The topological polar surface area (TPSA) is 84.5 Å². The van der Waals surface area contributed by atoms with Crippen molar-refractivity contribution in [2.24, 2.45) is 0 Å². The highest BCUT2D eigenvalue weighted by Gasteiger charge is 2.14. The Labute approximate surface area is 119 Å². The number of amides is 2. The molecular formula is C13H14F2N2O4. The number of ether oxygens (including phenoxy) is 1. The Kier molecular flexibility index (Phi) is 5.77. The first-order valence-corrected chi connectivity index (χ1v) is 5.93. The van der Waals surface area contributed by atoms with Crippen LogP contribution in [-0.4, -0.2) is 30.8 Å². The van der Waals surface area contributed by atoms with Crippen LogP contribution < -0.4 is 10.6 Å². The van der Waals surface area contributed by atoms with Gasteiger partial charge in [0.2, 0.25) is 11.8 Å². The first kappa shape index (κ1) is 16.5. The van der Waals surface area contributed by atoms with Gasteiger partial charge in [0.1, 0.15) is 0 Å². The van der Waals surface area contributed by atoms with Crippen LogP contribution in [0.25, 0.3) is 0 Å². The second kappa shape index (κ2) is 7.32. The molecule has 0 bridgehead atoms. The van der Waals surface area contributed by atoms with Gasteiger partial charge in [-0.15, -0.1) is 0 Å². The van der Waals surface area contributed by atoms with Crippen molar-refractivity contribution in [3.05, 3.63) is 23.8 Å². The predicted octanol–water partition coefficient (Wildman–Crippen LogP) is 2.03. The monoisotopic (exact) mass is 300 g/mol. The second-order valence-corrected chi connectivity index (χ2v) is 4.15. The third kappa shape index (κ3) is 5.98. The van der Waals surface area contributed by atoms with E-state index in [1.807, 2.05) is 0 Å². The van der Waals surface area contributed by atoms with E-state index < -0.39 is 19.0 Å². The van der Waals surface area contributed by atoms with Gasteiger partial charge in [-0.3, -0.25) is 9.59 Å². The molecular weight excluding hydrogens is 286 g/mol. The van der Waals surface area contributed by atoms with Crippen molar-refractivity contribution in [1.82, 2.24) is 0 Å². The van der Waals surface area contributed by atoms with Crippen molar-refractivity contribution in [1.29, 1.82) is 0 Å². The lowest BCUT2D eigenvalue weighted by atomic mass is 10.1. The van der Waals surface area contributed by atoms with E-state index >= 15 is 0 Å². The molecule has 0 atom stereocenters. The van der Waals surface area contributed by atoms with Crippen LogP contribution in [0, 0.1) is 0 Å². The lowest BCUT2D eigenvalue weighted by molar-refractivity contribution is -0.115. The molecule has 8 heteroatoms. The first-order valence-electron chi connectivity index (χ1n) is 5.93. The fraction of sp³-hybridized carbons (Fsp3) is 0.308. The average Bonchev–Trinajstić information content (AvgIpc) is 2.33. The molecule has 2 N–H and O–H groups in total. The van der Waals surface area contributed by atoms with Crippen LogP contribution in [0.2, 0.25) is 0 Å². The quantitative estimate of drug-likeness (QED) is 0.815. The highest BCUT2D eigenvalue weighted by molar-refractivity contribution is 5.97. The predicted molar refractivity (Wildman–Crippen MR) is 71.3 cm³/mol. The molecule has 0 aliphatic rings. The van der Waals surface area contributed by atoms with Gasteiger partial charge in [0.15, 0.2) is 6.61 Å². The lowest BCUT2D eigenvalue weighted by Crippen LogP contribution is -2.14. The highest BCUT2D eigenvalue weighted by Crippen LogP contribution is 2.20. The van der Waals surface area contributed by atoms with Gasteiger partial charge >= 0.3 is 5.97 Å². The van der Waals surface area contributed by atoms with E-state index in [0.29, 0.717) is 0 Å². The van der Waals surface area contributed by atoms with Crippen LogP contribution in [0.4, 0.5) is 20.2 Å². The molecule has 0 unspecified atom stereocenters. The minimum absolute atomic E-state index is 0.0642. The fourth-order valence-electron chi connectivity index (χ4n) is 1.52. The van der Waals surface area contributed by atoms with Crippen molar-refractivity contribution >= 4 is 29.2 Å². The fourth-order valence-corrected chi connectivity index (χ4v) is 1.52. The summed E-state index contributed by atoms with van der Waals surface area (Å²) in [5.41, 5.74) is 0.404. The van der Waals surface area contributed by atoms with Gasteiger partial charge in [-0.1, -0.05) is 0 Å². The molecule has 1 aromatic carbocycles. The SMILES string of the molecule is CC(=O)Nc1cc(NC(C)=O)cc(C(=O)OCC(F)F)c1. The van der Waals surface area contributed by atoms with E-state index in [-0.39, 0.29) is 28.8 Å². The van der Waals surface area contributed by atoms with Crippen LogP contribution in [0.1, 0.15) is 24.2 Å². The van der Waals surface area contributed by atoms with Crippen molar-refractivity contribution in [2.75, 3.05) is 17.2 Å². The molecule has 0 aliphatic heterocycles. The first-order chi connectivity index (χ1) is 9.77. The number of anilines is 2. The van der Waals surface area contributed by atoms with E-state index in [4.69, 9.17) is 0 Å². The minimum Gasteiger partial charge on any atom is -0.456 e. The maximum Gasteiger partial charge on any atom is 0.338 e. The van der Waals surface area contributed by atoms with E-state index in [1.165, 1.54) is 32.0 Å². The smallest absolute Gasteiger partial charge is 0.338 e. The Balaban J connectivity index is 3.02. The summed E-state index contributed by atoms with van der Waals surface area (Å²) in [5, 5.41) is 4.86. The third-order valence-corrected chi connectivity index (χ3v) is 2.15. The number of nitrogens with one attached hydrogen (secondary N) is 2. The standard InChI is InChI=1S/C13H14F2N2O4/c1-7(18)16-10-3-9(13(20)21-6-12(14)15)4-11(5-10)17-8(2)19/h3-5,12H,6H2,1-2H3,(H,16,18)(H,17,19). The summed E-state index contributed by atoms with van der Waals surface area (Å²) in [5.74, 6) is -1.75. The summed E-state index contributed by atoms with van der Waals surface area (Å²) in [4.78, 5) is 33.7. The number of benzene rings is 1. The molecule has 0 aromatic heterocycles. The van der Waals surface area contributed by atoms with Crippen molar-refractivity contribution in [3.63, 3.8) is 0 Å². The van der Waals surface area contributed by atoms with Gasteiger partial charge in [0, 0.05) is 25.2 Å². The molecule has 0 saturated carbocycles. The summed E-state index contributed by atoms with van der Waals surface area (Å²) in [6.45, 7) is 1.50. The number of carbonyl (C=O) groups is 3. The summed E-state index contributed by atoms with van der Waals surface area (Å²) in [7, 11) is 0. The van der Waals surface area contributed by atoms with Crippen LogP contribution in [0.15, 0.2) is 18.2 Å². The zero-order valence-corrected chi connectivity index (χ0v) is 11.4. The van der Waals surface area contributed by atoms with Gasteiger partial charge in [-0.2, -0.15) is 0 Å². The Morgan fingerprint density at radius 1 is 1.05 bits per heavy atom. The molecule has 1 rings (SSSR count). The number of rotatable bonds is 5. The van der Waals surface area contributed by atoms with Crippen molar-refractivity contribution in [3.8, 4) is 0 Å². The van der Waals surface area contributed by atoms with Gasteiger partial charge in [0.05, 0.1) is 5.56 Å². The minimum atomic E-state index is -2.78. The van der Waals surface area contributed by atoms with Crippen molar-refractivity contribution < 1.29 is 27.9 Å².